The number of rotatable bonds is 31. The molecule has 0 radical (unpaired) electrons. The molecular formula is C37H60NO10P. The van der Waals surface area contributed by atoms with Crippen molar-refractivity contribution in [1.82, 2.24) is 5.32 Å². The first kappa shape index (κ1) is 45.9. The van der Waals surface area contributed by atoms with Gasteiger partial charge in [-0.25, -0.2) is 9.36 Å². The Morgan fingerprint density at radius 3 is 1.69 bits per heavy atom. The van der Waals surface area contributed by atoms with Gasteiger partial charge >= 0.3 is 19.8 Å². The van der Waals surface area contributed by atoms with Crippen LogP contribution in [0.4, 0.5) is 0 Å². The van der Waals surface area contributed by atoms with E-state index in [1.54, 1.807) is 0 Å². The Morgan fingerprint density at radius 2 is 1.16 bits per heavy atom. The third kappa shape index (κ3) is 31.9. The van der Waals surface area contributed by atoms with Crippen molar-refractivity contribution in [2.24, 2.45) is 0 Å². The lowest BCUT2D eigenvalue weighted by Crippen LogP contribution is -2.43. The number of phosphoric acid groups is 1. The first-order valence-electron chi connectivity index (χ1n) is 17.5. The van der Waals surface area contributed by atoms with Crippen LogP contribution in [-0.2, 0) is 32.7 Å². The molecule has 0 fully saturated rings. The second-order valence-corrected chi connectivity index (χ2v) is 12.8. The molecule has 3 atom stereocenters. The number of esters is 1. The molecule has 11 nitrogen and oxygen atoms in total. The topological polar surface area (TPSA) is 169 Å². The van der Waals surface area contributed by atoms with Gasteiger partial charge in [0.1, 0.15) is 12.7 Å². The predicted octanol–water partition coefficient (Wildman–Crippen LogP) is 7.82. The van der Waals surface area contributed by atoms with Gasteiger partial charge in [0.25, 0.3) is 0 Å². The molecule has 0 saturated carbocycles. The lowest BCUT2D eigenvalue weighted by molar-refractivity contribution is -0.147. The lowest BCUT2D eigenvalue weighted by Gasteiger charge is -2.18. The summed E-state index contributed by atoms with van der Waals surface area (Å²) in [6, 6.07) is -1.59. The van der Waals surface area contributed by atoms with E-state index < -0.39 is 57.6 Å². The first-order chi connectivity index (χ1) is 23.6. The van der Waals surface area contributed by atoms with Crippen molar-refractivity contribution in [3.8, 4) is 0 Å². The molecule has 278 valence electrons. The van der Waals surface area contributed by atoms with Gasteiger partial charge in [-0.2, -0.15) is 0 Å². The van der Waals surface area contributed by atoms with Gasteiger partial charge in [-0.15, -0.1) is 0 Å². The molecule has 3 unspecified atom stereocenters. The summed E-state index contributed by atoms with van der Waals surface area (Å²) in [5.74, 6) is -2.51. The molecule has 49 heavy (non-hydrogen) atoms. The fourth-order valence-electron chi connectivity index (χ4n) is 4.04. The largest absolute Gasteiger partial charge is 0.480 e. The smallest absolute Gasteiger partial charge is 0.472 e. The van der Waals surface area contributed by atoms with Crippen LogP contribution in [-0.4, -0.2) is 64.9 Å². The summed E-state index contributed by atoms with van der Waals surface area (Å²) in [4.78, 5) is 45.4. The summed E-state index contributed by atoms with van der Waals surface area (Å²) >= 11 is 0. The number of carboxylic acid groups (broad SMARTS) is 1. The minimum Gasteiger partial charge on any atom is -0.480 e. The number of carbonyl (C=O) groups excluding carboxylic acids is 2. The highest BCUT2D eigenvalue weighted by Crippen LogP contribution is 2.43. The van der Waals surface area contributed by atoms with Crippen molar-refractivity contribution in [2.75, 3.05) is 19.8 Å². The molecule has 0 aromatic rings. The van der Waals surface area contributed by atoms with E-state index in [1.165, 1.54) is 0 Å². The second-order valence-electron chi connectivity index (χ2n) is 11.3. The number of allylic oxidation sites excluding steroid dienone is 12. The maximum Gasteiger partial charge on any atom is 0.472 e. The van der Waals surface area contributed by atoms with E-state index in [0.29, 0.717) is 19.3 Å². The van der Waals surface area contributed by atoms with E-state index in [1.807, 2.05) is 18.2 Å². The number of aliphatic hydroxyl groups excluding tert-OH is 1. The number of unbranched alkanes of at least 4 members (excludes halogenated alkanes) is 5. The standard InChI is InChI=1S/C37H60NO10P/c1-3-5-7-9-11-12-13-14-15-16-17-18-19-20-21-22-23-24-26-28-35(40)38-34(37(42)43)32-48-49(44,45)47-31-33(39)30-46-36(41)29-27-25-10-8-6-4-2/h5,7,11-12,14-15,17-18,20-21,23-24,33-34,39H,3-4,6,8-10,13,16,19,22,25-32H2,1-2H3,(H,38,40)(H,42,43)(H,44,45)/b7-5-,12-11-,15-14-,18-17-,21-20-,24-23-. The third-order valence-electron chi connectivity index (χ3n) is 6.77. The highest BCUT2D eigenvalue weighted by atomic mass is 31.2. The molecule has 1 amide bonds. The number of nitrogens with one attached hydrogen (secondary N) is 1. The van der Waals surface area contributed by atoms with Crippen molar-refractivity contribution < 1.29 is 47.8 Å². The van der Waals surface area contributed by atoms with E-state index in [9.17, 15) is 34.1 Å². The highest BCUT2D eigenvalue weighted by Gasteiger charge is 2.28. The van der Waals surface area contributed by atoms with Gasteiger partial charge in [0, 0.05) is 12.8 Å². The number of carboxylic acids is 1. The number of aliphatic hydroxyl groups is 1. The summed E-state index contributed by atoms with van der Waals surface area (Å²) in [6.07, 6.45) is 35.7. The fourth-order valence-corrected chi connectivity index (χ4v) is 4.81. The molecule has 0 saturated heterocycles. The lowest BCUT2D eigenvalue weighted by atomic mass is 10.1. The molecule has 0 bridgehead atoms. The maximum atomic E-state index is 12.2. The Kier molecular flexibility index (Phi) is 30.1. The molecular weight excluding hydrogens is 649 g/mol. The Balaban J connectivity index is 4.15. The summed E-state index contributed by atoms with van der Waals surface area (Å²) in [6.45, 7) is 2.29. The third-order valence-corrected chi connectivity index (χ3v) is 7.72. The normalized spacial score (nSPS) is 14.9. The quantitative estimate of drug-likeness (QED) is 0.0241. The molecule has 0 rings (SSSR count). The van der Waals surface area contributed by atoms with Crippen LogP contribution in [0.1, 0.15) is 110 Å². The van der Waals surface area contributed by atoms with Crippen LogP contribution < -0.4 is 5.32 Å². The molecule has 0 heterocycles. The Bertz CT molecular complexity index is 1110. The maximum absolute atomic E-state index is 12.2. The molecule has 12 heteroatoms. The van der Waals surface area contributed by atoms with E-state index >= 15 is 0 Å². The van der Waals surface area contributed by atoms with Crippen molar-refractivity contribution in [2.45, 2.75) is 122 Å². The predicted molar refractivity (Wildman–Crippen MR) is 194 cm³/mol. The number of phosphoric ester groups is 1. The second kappa shape index (κ2) is 32.1. The van der Waals surface area contributed by atoms with Crippen molar-refractivity contribution >= 4 is 25.7 Å². The number of amides is 1. The van der Waals surface area contributed by atoms with Crippen LogP contribution in [0.5, 0.6) is 0 Å². The number of hydrogen-bond acceptors (Lipinski definition) is 8. The average Bonchev–Trinajstić information content (AvgIpc) is 3.07. The van der Waals surface area contributed by atoms with Gasteiger partial charge in [0.2, 0.25) is 5.91 Å². The first-order valence-corrected chi connectivity index (χ1v) is 19.0. The van der Waals surface area contributed by atoms with Crippen LogP contribution in [0.2, 0.25) is 0 Å². The van der Waals surface area contributed by atoms with Gasteiger partial charge in [-0.1, -0.05) is 119 Å². The van der Waals surface area contributed by atoms with E-state index in [2.05, 4.69) is 78.4 Å². The summed E-state index contributed by atoms with van der Waals surface area (Å²) in [5, 5.41) is 21.5. The monoisotopic (exact) mass is 709 g/mol. The van der Waals surface area contributed by atoms with Gasteiger partial charge in [-0.3, -0.25) is 18.6 Å². The summed E-state index contributed by atoms with van der Waals surface area (Å²) in [5.41, 5.74) is 0. The number of carbonyl (C=O) groups is 3. The van der Waals surface area contributed by atoms with Gasteiger partial charge in [-0.05, 0) is 51.4 Å². The van der Waals surface area contributed by atoms with Gasteiger partial charge in [0.05, 0.1) is 13.2 Å². The van der Waals surface area contributed by atoms with E-state index in [0.717, 1.165) is 64.2 Å². The SMILES string of the molecule is CC/C=C\C/C=C\C/C=C\C/C=C\C/C=C\C/C=C\CCC(=O)NC(COP(=O)(O)OCC(O)COC(=O)CCCCCCCC)C(=O)O. The molecule has 0 aliphatic rings. The fraction of sp³-hybridized carbons (Fsp3) is 0.595. The Morgan fingerprint density at radius 1 is 0.673 bits per heavy atom. The zero-order chi connectivity index (χ0) is 36.4. The van der Waals surface area contributed by atoms with Crippen LogP contribution in [0.25, 0.3) is 0 Å². The molecule has 0 aliphatic carbocycles. The van der Waals surface area contributed by atoms with Gasteiger partial charge in [0.15, 0.2) is 6.04 Å². The van der Waals surface area contributed by atoms with Crippen LogP contribution in [0, 0.1) is 0 Å². The highest BCUT2D eigenvalue weighted by molar-refractivity contribution is 7.47. The molecule has 0 aliphatic heterocycles. The molecule has 4 N–H and O–H groups in total. The number of hydrogen-bond donors (Lipinski definition) is 4. The molecule has 0 aromatic carbocycles. The number of aliphatic carboxylic acids is 1. The van der Waals surface area contributed by atoms with Crippen LogP contribution >= 0.6 is 7.82 Å². The summed E-state index contributed by atoms with van der Waals surface area (Å²) < 4.78 is 26.5. The Labute approximate surface area is 293 Å². The van der Waals surface area contributed by atoms with Crippen LogP contribution in [0.3, 0.4) is 0 Å². The minimum atomic E-state index is -4.76. The van der Waals surface area contributed by atoms with Crippen molar-refractivity contribution in [3.05, 3.63) is 72.9 Å². The molecule has 0 spiro atoms. The van der Waals surface area contributed by atoms with Crippen LogP contribution in [0.15, 0.2) is 72.9 Å². The van der Waals surface area contributed by atoms with E-state index in [-0.39, 0.29) is 12.8 Å². The zero-order valence-corrected chi connectivity index (χ0v) is 30.4. The average molecular weight is 710 g/mol. The summed E-state index contributed by atoms with van der Waals surface area (Å²) in [7, 11) is -4.76. The van der Waals surface area contributed by atoms with Gasteiger partial charge < -0.3 is 25.2 Å². The number of ether oxygens (including phenoxy) is 1. The van der Waals surface area contributed by atoms with Crippen molar-refractivity contribution in [1.29, 1.82) is 0 Å². The van der Waals surface area contributed by atoms with E-state index in [4.69, 9.17) is 9.26 Å². The molecule has 0 aromatic heterocycles. The minimum absolute atomic E-state index is 0.0169. The van der Waals surface area contributed by atoms with Crippen molar-refractivity contribution in [3.63, 3.8) is 0 Å². The zero-order valence-electron chi connectivity index (χ0n) is 29.5. The Hall–Kier alpha value is -3.08.